The fourth-order valence-corrected chi connectivity index (χ4v) is 2.97. The van der Waals surface area contributed by atoms with Crippen molar-refractivity contribution in [3.05, 3.63) is 47.3 Å². The van der Waals surface area contributed by atoms with E-state index in [-0.39, 0.29) is 5.91 Å². The smallest absolute Gasteiger partial charge is 0.328 e. The average Bonchev–Trinajstić information content (AvgIpc) is 3.01. The van der Waals surface area contributed by atoms with Gasteiger partial charge in [-0.1, -0.05) is 17.7 Å². The van der Waals surface area contributed by atoms with Gasteiger partial charge in [0.1, 0.15) is 11.7 Å². The zero-order valence-electron chi connectivity index (χ0n) is 13.2. The molecular formula is C17H19N3O3. The van der Waals surface area contributed by atoms with Crippen molar-refractivity contribution in [1.29, 1.82) is 0 Å². The maximum Gasteiger partial charge on any atom is 0.328 e. The average molecular weight is 313 g/mol. The highest BCUT2D eigenvalue weighted by atomic mass is 16.4. The van der Waals surface area contributed by atoms with Crippen LogP contribution in [0.15, 0.2) is 30.5 Å². The Morgan fingerprint density at radius 3 is 2.83 bits per heavy atom. The fraction of sp³-hybridized carbons (Fsp3) is 0.353. The number of nitrogens with zero attached hydrogens (tertiary/aromatic N) is 3. The van der Waals surface area contributed by atoms with Crippen LogP contribution in [0.4, 0.5) is 5.69 Å². The van der Waals surface area contributed by atoms with E-state index in [1.54, 1.807) is 11.0 Å². The molecule has 1 N–H and O–H groups in total. The molecule has 120 valence electrons. The van der Waals surface area contributed by atoms with Crippen molar-refractivity contribution >= 4 is 17.6 Å². The Morgan fingerprint density at radius 1 is 1.30 bits per heavy atom. The second kappa shape index (κ2) is 5.87. The van der Waals surface area contributed by atoms with Gasteiger partial charge in [0, 0.05) is 18.4 Å². The van der Waals surface area contributed by atoms with E-state index in [0.717, 1.165) is 24.1 Å². The topological polar surface area (TPSA) is 75.4 Å². The van der Waals surface area contributed by atoms with Crippen LogP contribution in [0.5, 0.6) is 0 Å². The fourth-order valence-electron chi connectivity index (χ4n) is 2.97. The number of carboxylic acid groups (broad SMARTS) is 1. The Morgan fingerprint density at radius 2 is 2.09 bits per heavy atom. The number of anilines is 1. The summed E-state index contributed by atoms with van der Waals surface area (Å²) < 4.78 is 1.27. The number of hydrogen-bond donors (Lipinski definition) is 1. The number of benzene rings is 1. The number of carbonyl (C=O) groups is 2. The van der Waals surface area contributed by atoms with Crippen molar-refractivity contribution in [1.82, 2.24) is 9.78 Å². The van der Waals surface area contributed by atoms with Gasteiger partial charge in [0.2, 0.25) is 0 Å². The van der Waals surface area contributed by atoms with Crippen LogP contribution in [0.25, 0.3) is 0 Å². The first-order valence-corrected chi connectivity index (χ1v) is 7.66. The first kappa shape index (κ1) is 15.3. The van der Waals surface area contributed by atoms with Gasteiger partial charge in [0.05, 0.1) is 0 Å². The summed E-state index contributed by atoms with van der Waals surface area (Å²) >= 11 is 0. The van der Waals surface area contributed by atoms with E-state index in [1.807, 2.05) is 19.1 Å². The molecule has 1 aromatic carbocycles. The van der Waals surface area contributed by atoms with Gasteiger partial charge in [-0.25, -0.2) is 9.48 Å². The van der Waals surface area contributed by atoms with Crippen LogP contribution in [0.3, 0.4) is 0 Å². The molecule has 1 atom stereocenters. The summed E-state index contributed by atoms with van der Waals surface area (Å²) in [6, 6.07) is 6.74. The molecule has 0 spiro atoms. The minimum atomic E-state index is -1.02. The van der Waals surface area contributed by atoms with Gasteiger partial charge in [-0.15, -0.1) is 0 Å². The minimum absolute atomic E-state index is 0.208. The molecule has 1 amide bonds. The molecule has 2 heterocycles. The number of fused-ring (bicyclic) bond motifs is 1. The van der Waals surface area contributed by atoms with E-state index in [9.17, 15) is 14.7 Å². The van der Waals surface area contributed by atoms with Crippen LogP contribution >= 0.6 is 0 Å². The molecule has 0 fully saturated rings. The van der Waals surface area contributed by atoms with E-state index in [0.29, 0.717) is 12.2 Å². The normalized spacial score (nSPS) is 15.1. The molecule has 1 aliphatic rings. The summed E-state index contributed by atoms with van der Waals surface area (Å²) in [7, 11) is 0. The molecule has 0 saturated carbocycles. The number of hydrogen-bond acceptors (Lipinski definition) is 3. The third kappa shape index (κ3) is 2.72. The van der Waals surface area contributed by atoms with E-state index < -0.39 is 12.0 Å². The number of aliphatic carboxylic acids is 1. The zero-order valence-corrected chi connectivity index (χ0v) is 13.2. The van der Waals surface area contributed by atoms with Crippen LogP contribution in [0, 0.1) is 6.92 Å². The van der Waals surface area contributed by atoms with Gasteiger partial charge in [0.25, 0.3) is 5.91 Å². The van der Waals surface area contributed by atoms with Gasteiger partial charge in [-0.3, -0.25) is 4.79 Å². The van der Waals surface area contributed by atoms with Crippen molar-refractivity contribution in [3.63, 3.8) is 0 Å². The van der Waals surface area contributed by atoms with Crippen molar-refractivity contribution in [3.8, 4) is 0 Å². The van der Waals surface area contributed by atoms with Crippen molar-refractivity contribution < 1.29 is 14.7 Å². The standard InChI is InChI=1S/C17H19N3O3/c1-11-5-6-14-13(10-11)4-3-9-19(14)16(21)15-7-8-18-20(15)12(2)17(22)23/h5-8,10,12H,3-4,9H2,1-2H3,(H,22,23). The highest BCUT2D eigenvalue weighted by Gasteiger charge is 2.28. The van der Waals surface area contributed by atoms with E-state index in [4.69, 9.17) is 0 Å². The largest absolute Gasteiger partial charge is 0.480 e. The Kier molecular flexibility index (Phi) is 3.90. The number of carbonyl (C=O) groups excluding carboxylic acids is 1. The zero-order chi connectivity index (χ0) is 16.6. The van der Waals surface area contributed by atoms with Gasteiger partial charge in [-0.2, -0.15) is 5.10 Å². The molecule has 0 radical (unpaired) electrons. The highest BCUT2D eigenvalue weighted by Crippen LogP contribution is 2.29. The van der Waals surface area contributed by atoms with E-state index in [2.05, 4.69) is 11.2 Å². The Balaban J connectivity index is 1.97. The summed E-state index contributed by atoms with van der Waals surface area (Å²) in [6.45, 7) is 4.17. The molecule has 6 nitrogen and oxygen atoms in total. The summed E-state index contributed by atoms with van der Waals surface area (Å²) in [5, 5.41) is 13.2. The van der Waals surface area contributed by atoms with Crippen LogP contribution in [-0.4, -0.2) is 33.3 Å². The number of aryl methyl sites for hydroxylation is 2. The predicted octanol–water partition coefficient (Wildman–Crippen LogP) is 2.43. The van der Waals surface area contributed by atoms with Crippen LogP contribution in [-0.2, 0) is 11.2 Å². The predicted molar refractivity (Wildman–Crippen MR) is 85.8 cm³/mol. The van der Waals surface area contributed by atoms with Crippen LogP contribution in [0.2, 0.25) is 0 Å². The maximum atomic E-state index is 12.9. The second-order valence-electron chi connectivity index (χ2n) is 5.87. The molecule has 0 saturated heterocycles. The molecule has 6 heteroatoms. The van der Waals surface area contributed by atoms with Crippen molar-refractivity contribution in [2.24, 2.45) is 0 Å². The minimum Gasteiger partial charge on any atom is -0.480 e. The first-order chi connectivity index (χ1) is 11.0. The Bertz CT molecular complexity index is 766. The summed E-state index contributed by atoms with van der Waals surface area (Å²) in [5.74, 6) is -1.22. The Hall–Kier alpha value is -2.63. The summed E-state index contributed by atoms with van der Waals surface area (Å²) in [4.78, 5) is 25.9. The number of carboxylic acids is 1. The van der Waals surface area contributed by atoms with Crippen molar-refractivity contribution in [2.75, 3.05) is 11.4 Å². The lowest BCUT2D eigenvalue weighted by molar-refractivity contribution is -0.140. The maximum absolute atomic E-state index is 12.9. The van der Waals surface area contributed by atoms with Gasteiger partial charge < -0.3 is 10.0 Å². The molecule has 3 rings (SSSR count). The lowest BCUT2D eigenvalue weighted by Crippen LogP contribution is -2.37. The monoisotopic (exact) mass is 313 g/mol. The van der Waals surface area contributed by atoms with Gasteiger partial charge in [-0.05, 0) is 44.4 Å². The number of rotatable bonds is 3. The van der Waals surface area contributed by atoms with E-state index in [1.165, 1.54) is 23.4 Å². The third-order valence-electron chi connectivity index (χ3n) is 4.21. The van der Waals surface area contributed by atoms with Gasteiger partial charge >= 0.3 is 5.97 Å². The van der Waals surface area contributed by atoms with Gasteiger partial charge in [0.15, 0.2) is 0 Å². The molecule has 1 aliphatic heterocycles. The Labute approximate surface area is 134 Å². The molecule has 23 heavy (non-hydrogen) atoms. The molecular weight excluding hydrogens is 294 g/mol. The number of aromatic nitrogens is 2. The van der Waals surface area contributed by atoms with Crippen molar-refractivity contribution in [2.45, 2.75) is 32.7 Å². The summed E-state index contributed by atoms with van der Waals surface area (Å²) in [6.07, 6.45) is 3.31. The lowest BCUT2D eigenvalue weighted by Gasteiger charge is -2.30. The molecule has 2 aromatic rings. The number of amides is 1. The first-order valence-electron chi connectivity index (χ1n) is 7.66. The third-order valence-corrected chi connectivity index (χ3v) is 4.21. The second-order valence-corrected chi connectivity index (χ2v) is 5.87. The quantitative estimate of drug-likeness (QED) is 0.944. The summed E-state index contributed by atoms with van der Waals surface area (Å²) in [5.41, 5.74) is 3.53. The molecule has 1 unspecified atom stereocenters. The SMILES string of the molecule is Cc1ccc2c(c1)CCCN2C(=O)c1ccnn1C(C)C(=O)O. The van der Waals surface area contributed by atoms with Crippen LogP contribution in [0.1, 0.15) is 41.0 Å². The molecule has 0 bridgehead atoms. The molecule has 1 aromatic heterocycles. The highest BCUT2D eigenvalue weighted by molar-refractivity contribution is 6.05. The lowest BCUT2D eigenvalue weighted by atomic mass is 9.99. The van der Waals surface area contributed by atoms with Crippen LogP contribution < -0.4 is 4.90 Å². The van der Waals surface area contributed by atoms with E-state index >= 15 is 0 Å². The molecule has 0 aliphatic carbocycles.